The Morgan fingerprint density at radius 2 is 2.11 bits per heavy atom. The Balaban J connectivity index is 2.51. The van der Waals surface area contributed by atoms with Crippen LogP contribution in [0.3, 0.4) is 0 Å². The minimum atomic E-state index is -0.426. The van der Waals surface area contributed by atoms with Gasteiger partial charge in [-0.3, -0.25) is 0 Å². The predicted octanol–water partition coefficient (Wildman–Crippen LogP) is 3.13. The van der Waals surface area contributed by atoms with Crippen molar-refractivity contribution < 1.29 is 9.13 Å². The molecule has 102 valence electrons. The summed E-state index contributed by atoms with van der Waals surface area (Å²) in [7, 11) is 5.42. The van der Waals surface area contributed by atoms with Crippen LogP contribution in [0.2, 0.25) is 0 Å². The molecule has 1 unspecified atom stereocenters. The van der Waals surface area contributed by atoms with E-state index in [1.54, 1.807) is 13.2 Å². The smallest absolute Gasteiger partial charge is 0.123 e. The van der Waals surface area contributed by atoms with Gasteiger partial charge in [0, 0.05) is 5.56 Å². The second-order valence-electron chi connectivity index (χ2n) is 5.37. The zero-order chi connectivity index (χ0) is 14.0. The first-order valence-electron chi connectivity index (χ1n) is 6.45. The van der Waals surface area contributed by atoms with Crippen molar-refractivity contribution in [2.75, 3.05) is 21.2 Å². The molecule has 1 atom stereocenters. The number of benzene rings is 1. The number of nitrogens with zero attached hydrogens (tertiary/aromatic N) is 2. The van der Waals surface area contributed by atoms with E-state index in [4.69, 9.17) is 4.74 Å². The molecule has 0 saturated heterocycles. The maximum atomic E-state index is 13.6. The van der Waals surface area contributed by atoms with Crippen molar-refractivity contribution >= 4 is 0 Å². The van der Waals surface area contributed by atoms with E-state index in [2.05, 4.69) is 6.07 Å². The van der Waals surface area contributed by atoms with Crippen LogP contribution in [0.5, 0.6) is 5.75 Å². The predicted molar refractivity (Wildman–Crippen MR) is 71.3 cm³/mol. The summed E-state index contributed by atoms with van der Waals surface area (Å²) in [5.74, 6) is 0.344. The van der Waals surface area contributed by atoms with E-state index in [1.165, 1.54) is 12.1 Å². The van der Waals surface area contributed by atoms with E-state index in [0.29, 0.717) is 5.75 Å². The number of halogens is 1. The average Bonchev–Trinajstić information content (AvgIpc) is 2.33. The van der Waals surface area contributed by atoms with E-state index < -0.39 is 5.41 Å². The lowest BCUT2D eigenvalue weighted by Crippen LogP contribution is -2.41. The first-order valence-corrected chi connectivity index (χ1v) is 6.45. The summed E-state index contributed by atoms with van der Waals surface area (Å²) in [4.78, 5) is 1.99. The van der Waals surface area contributed by atoms with Crippen molar-refractivity contribution in [3.63, 3.8) is 0 Å². The molecule has 0 heterocycles. The van der Waals surface area contributed by atoms with Crippen molar-refractivity contribution in [2.45, 2.75) is 25.3 Å². The zero-order valence-electron chi connectivity index (χ0n) is 11.6. The highest BCUT2D eigenvalue weighted by atomic mass is 19.1. The van der Waals surface area contributed by atoms with Gasteiger partial charge in [0.05, 0.1) is 24.6 Å². The zero-order valence-corrected chi connectivity index (χ0v) is 11.6. The molecule has 1 aliphatic rings. The largest absolute Gasteiger partial charge is 0.496 e. The number of methoxy groups -OCH3 is 1. The third kappa shape index (κ3) is 2.31. The fourth-order valence-electron chi connectivity index (χ4n) is 2.99. The molecule has 19 heavy (non-hydrogen) atoms. The van der Waals surface area contributed by atoms with E-state index in [9.17, 15) is 9.65 Å². The van der Waals surface area contributed by atoms with E-state index in [-0.39, 0.29) is 11.9 Å². The van der Waals surface area contributed by atoms with Crippen LogP contribution in [0.1, 0.15) is 30.9 Å². The van der Waals surface area contributed by atoms with Gasteiger partial charge in [0.2, 0.25) is 0 Å². The lowest BCUT2D eigenvalue weighted by Gasteiger charge is -2.45. The van der Waals surface area contributed by atoms with Crippen molar-refractivity contribution in [3.05, 3.63) is 29.6 Å². The molecular formula is C15H19FN2O. The van der Waals surface area contributed by atoms with Crippen LogP contribution in [-0.2, 0) is 0 Å². The topological polar surface area (TPSA) is 36.3 Å². The molecule has 1 fully saturated rings. The van der Waals surface area contributed by atoms with Crippen molar-refractivity contribution in [1.82, 2.24) is 4.90 Å². The van der Waals surface area contributed by atoms with Crippen molar-refractivity contribution in [2.24, 2.45) is 5.41 Å². The Labute approximate surface area is 113 Å². The molecule has 1 aromatic rings. The Hall–Kier alpha value is -1.60. The molecule has 0 aliphatic heterocycles. The van der Waals surface area contributed by atoms with Crippen LogP contribution in [0.25, 0.3) is 0 Å². The molecule has 0 N–H and O–H groups in total. The Morgan fingerprint density at radius 3 is 2.53 bits per heavy atom. The van der Waals surface area contributed by atoms with Gasteiger partial charge in [0.1, 0.15) is 11.6 Å². The Bertz CT molecular complexity index is 503. The van der Waals surface area contributed by atoms with E-state index in [0.717, 1.165) is 24.8 Å². The number of ether oxygens (including phenoxy) is 1. The average molecular weight is 262 g/mol. The maximum Gasteiger partial charge on any atom is 0.123 e. The monoisotopic (exact) mass is 262 g/mol. The van der Waals surface area contributed by atoms with Gasteiger partial charge in [-0.2, -0.15) is 5.26 Å². The number of hydrogen-bond acceptors (Lipinski definition) is 3. The quantitative estimate of drug-likeness (QED) is 0.836. The molecule has 3 nitrogen and oxygen atoms in total. The first kappa shape index (κ1) is 13.8. The molecule has 0 spiro atoms. The van der Waals surface area contributed by atoms with Crippen LogP contribution in [-0.4, -0.2) is 26.1 Å². The van der Waals surface area contributed by atoms with Crippen molar-refractivity contribution in [3.8, 4) is 11.8 Å². The number of rotatable bonds is 4. The third-order valence-corrected chi connectivity index (χ3v) is 3.99. The lowest BCUT2D eigenvalue weighted by atomic mass is 9.63. The van der Waals surface area contributed by atoms with Crippen LogP contribution in [0.4, 0.5) is 4.39 Å². The summed E-state index contributed by atoms with van der Waals surface area (Å²) in [5, 5.41) is 9.54. The molecule has 2 rings (SSSR count). The molecule has 4 heteroatoms. The minimum Gasteiger partial charge on any atom is -0.496 e. The second-order valence-corrected chi connectivity index (χ2v) is 5.37. The minimum absolute atomic E-state index is 0.142. The molecule has 1 saturated carbocycles. The number of nitriles is 1. The maximum absolute atomic E-state index is 13.6. The summed E-state index contributed by atoms with van der Waals surface area (Å²) in [6, 6.07) is 6.80. The highest BCUT2D eigenvalue weighted by Crippen LogP contribution is 2.53. The number of hydrogen-bond donors (Lipinski definition) is 0. The van der Waals surface area contributed by atoms with Crippen molar-refractivity contribution in [1.29, 1.82) is 5.26 Å². The molecule has 1 aliphatic carbocycles. The van der Waals surface area contributed by atoms with Gasteiger partial charge < -0.3 is 9.64 Å². The molecule has 0 amide bonds. The van der Waals surface area contributed by atoms with Crippen LogP contribution >= 0.6 is 0 Å². The molecule has 0 bridgehead atoms. The second kappa shape index (κ2) is 5.18. The fraction of sp³-hybridized carbons (Fsp3) is 0.533. The normalized spacial score (nSPS) is 18.5. The Morgan fingerprint density at radius 1 is 1.42 bits per heavy atom. The van der Waals surface area contributed by atoms with Gasteiger partial charge in [-0.05, 0) is 45.1 Å². The summed E-state index contributed by atoms with van der Waals surface area (Å²) < 4.78 is 18.9. The van der Waals surface area contributed by atoms with Crippen LogP contribution < -0.4 is 4.74 Å². The standard InChI is InChI=1S/C15H19FN2O/c1-18(2)14(15(10-17)7-4-8-15)12-9-11(16)5-6-13(12)19-3/h5-6,9,14H,4,7-8H2,1-3H3. The van der Waals surface area contributed by atoms with Gasteiger partial charge in [0.25, 0.3) is 0 Å². The lowest BCUT2D eigenvalue weighted by molar-refractivity contribution is 0.0728. The SMILES string of the molecule is COc1ccc(F)cc1C(N(C)C)C1(C#N)CCC1. The fourth-order valence-corrected chi connectivity index (χ4v) is 2.99. The Kier molecular flexibility index (Phi) is 3.77. The van der Waals surface area contributed by atoms with Gasteiger partial charge in [-0.15, -0.1) is 0 Å². The van der Waals surface area contributed by atoms with Crippen LogP contribution in [0.15, 0.2) is 18.2 Å². The summed E-state index contributed by atoms with van der Waals surface area (Å²) in [6.07, 6.45) is 2.76. The molecular weight excluding hydrogens is 243 g/mol. The summed E-state index contributed by atoms with van der Waals surface area (Å²) in [6.45, 7) is 0. The highest BCUT2D eigenvalue weighted by molar-refractivity contribution is 5.39. The van der Waals surface area contributed by atoms with Gasteiger partial charge in [-0.25, -0.2) is 4.39 Å². The van der Waals surface area contributed by atoms with Gasteiger partial charge in [0.15, 0.2) is 0 Å². The van der Waals surface area contributed by atoms with E-state index in [1.807, 2.05) is 19.0 Å². The third-order valence-electron chi connectivity index (χ3n) is 3.99. The summed E-state index contributed by atoms with van der Waals surface area (Å²) >= 11 is 0. The van der Waals surface area contributed by atoms with Crippen LogP contribution in [0, 0.1) is 22.6 Å². The molecule has 0 aromatic heterocycles. The molecule has 0 radical (unpaired) electrons. The summed E-state index contributed by atoms with van der Waals surface area (Å²) in [5.41, 5.74) is 0.332. The molecule has 1 aromatic carbocycles. The van der Waals surface area contributed by atoms with Gasteiger partial charge in [-0.1, -0.05) is 6.42 Å². The first-order chi connectivity index (χ1) is 9.04. The highest BCUT2D eigenvalue weighted by Gasteiger charge is 2.47. The van der Waals surface area contributed by atoms with E-state index >= 15 is 0 Å². The van der Waals surface area contributed by atoms with Gasteiger partial charge >= 0.3 is 0 Å².